The molecule has 0 aliphatic carbocycles. The first kappa shape index (κ1) is 41.5. The van der Waals surface area contributed by atoms with Crippen LogP contribution in [0.3, 0.4) is 0 Å². The zero-order valence-corrected chi connectivity index (χ0v) is 37.5. The highest BCUT2D eigenvalue weighted by Gasteiger charge is 2.57. The highest BCUT2D eigenvalue weighted by molar-refractivity contribution is 9.10. The first-order valence-electron chi connectivity index (χ1n) is 20.9. The van der Waals surface area contributed by atoms with Crippen molar-refractivity contribution in [1.82, 2.24) is 8.96 Å². The molecule has 2 aromatic heterocycles. The minimum absolute atomic E-state index is 0.262. The number of rotatable bonds is 14. The molecule has 288 valence electrons. The third kappa shape index (κ3) is 7.00. The molecule has 0 radical (unpaired) electrons. The minimum Gasteiger partial charge on any atom is -0.464 e. The van der Waals surface area contributed by atoms with Gasteiger partial charge >= 0.3 is 12.8 Å². The van der Waals surface area contributed by atoms with Crippen LogP contribution in [0.5, 0.6) is 0 Å². The predicted octanol–water partition coefficient (Wildman–Crippen LogP) is 11.6. The van der Waals surface area contributed by atoms with Gasteiger partial charge in [0.15, 0.2) is 12.6 Å². The molecule has 0 N–H and O–H groups in total. The van der Waals surface area contributed by atoms with Crippen LogP contribution in [0.2, 0.25) is 25.3 Å². The fourth-order valence-electron chi connectivity index (χ4n) is 12.1. The standard InChI is InChI=1S/2C21H34BBrN2O/c2*1-6-8-10-22(11-9-7-2)24-14-18(23)17(15-26)19(24)12-20-21(4,5)13-16(3)25(20)22/h2*14-15,20H,6-13H2,1-5H3/t2*20-/m10/s1. The molecule has 52 heavy (non-hydrogen) atoms. The summed E-state index contributed by atoms with van der Waals surface area (Å²) in [6, 6.07) is 1.01. The Balaban J connectivity index is 0.000000201. The number of hydrogen-bond acceptors (Lipinski definition) is 2. The lowest BCUT2D eigenvalue weighted by atomic mass is 9.37. The molecule has 4 aliphatic heterocycles. The maximum absolute atomic E-state index is 11.9. The lowest BCUT2D eigenvalue weighted by Gasteiger charge is -2.48. The molecule has 10 heteroatoms. The molecule has 0 unspecified atom stereocenters. The fourth-order valence-corrected chi connectivity index (χ4v) is 13.1. The van der Waals surface area contributed by atoms with Crippen molar-refractivity contribution in [3.05, 3.63) is 43.9 Å². The van der Waals surface area contributed by atoms with E-state index in [0.717, 1.165) is 45.5 Å². The van der Waals surface area contributed by atoms with E-state index in [-0.39, 0.29) is 10.8 Å². The SMILES string of the molecule is CCCC[B-]1(CCCC)n2cc(Br)c(C=O)c2C[C@@H]2[N+]1=C(C)CC2(C)C.CCCC[B-]1(CCCC)n2cc(Br)c(C=O)c2C[C@H]2[N+]1=C(C)CC2(C)C. The Bertz CT molecular complexity index is 1580. The molecule has 0 spiro atoms. The van der Waals surface area contributed by atoms with E-state index in [1.807, 2.05) is 0 Å². The van der Waals surface area contributed by atoms with Crippen molar-refractivity contribution in [3.8, 4) is 0 Å². The fraction of sp³-hybridized carbons (Fsp3) is 0.714. The van der Waals surface area contributed by atoms with Gasteiger partial charge in [-0.05, 0) is 44.3 Å². The normalized spacial score (nSPS) is 23.1. The quantitative estimate of drug-likeness (QED) is 0.141. The molecule has 0 fully saturated rings. The number of aldehydes is 2. The first-order chi connectivity index (χ1) is 24.6. The summed E-state index contributed by atoms with van der Waals surface area (Å²) < 4.78 is 12.7. The molecule has 2 atom stereocenters. The Morgan fingerprint density at radius 1 is 0.654 bits per heavy atom. The van der Waals surface area contributed by atoms with Gasteiger partial charge in [0.1, 0.15) is 12.1 Å². The summed E-state index contributed by atoms with van der Waals surface area (Å²) >= 11 is 7.36. The van der Waals surface area contributed by atoms with Gasteiger partial charge in [-0.2, -0.15) is 0 Å². The Kier molecular flexibility index (Phi) is 12.9. The molecule has 0 saturated heterocycles. The van der Waals surface area contributed by atoms with Crippen molar-refractivity contribution in [2.24, 2.45) is 10.8 Å². The predicted molar refractivity (Wildman–Crippen MR) is 230 cm³/mol. The number of nitrogens with zero attached hydrogens (tertiary/aromatic N) is 4. The van der Waals surface area contributed by atoms with Gasteiger partial charge in [0.05, 0.1) is 11.4 Å². The highest BCUT2D eigenvalue weighted by atomic mass is 79.9. The zero-order valence-electron chi connectivity index (χ0n) is 34.3. The molecule has 0 bridgehead atoms. The monoisotopic (exact) mass is 840 g/mol. The van der Waals surface area contributed by atoms with Gasteiger partial charge in [-0.3, -0.25) is 9.59 Å². The number of unbranched alkanes of at least 4 members (excludes halogenated alkanes) is 4. The summed E-state index contributed by atoms with van der Waals surface area (Å²) in [4.78, 5) is 23.7. The summed E-state index contributed by atoms with van der Waals surface area (Å²) in [6.07, 6.45) is 23.8. The van der Waals surface area contributed by atoms with Crippen LogP contribution in [0.15, 0.2) is 21.3 Å². The van der Waals surface area contributed by atoms with Crippen molar-refractivity contribution >= 4 is 68.7 Å². The second kappa shape index (κ2) is 16.2. The van der Waals surface area contributed by atoms with Crippen LogP contribution < -0.4 is 0 Å². The number of hydrogen-bond donors (Lipinski definition) is 0. The van der Waals surface area contributed by atoms with E-state index in [1.54, 1.807) is 11.4 Å². The molecule has 6 rings (SSSR count). The number of aromatic nitrogens is 2. The smallest absolute Gasteiger partial charge is 0.372 e. The maximum Gasteiger partial charge on any atom is 0.372 e. The van der Waals surface area contributed by atoms with Gasteiger partial charge in [0.25, 0.3) is 0 Å². The van der Waals surface area contributed by atoms with Crippen molar-refractivity contribution < 1.29 is 18.6 Å². The molecular formula is C42H68B2Br2N4O2. The van der Waals surface area contributed by atoms with E-state index >= 15 is 0 Å². The largest absolute Gasteiger partial charge is 0.464 e. The zero-order chi connectivity index (χ0) is 38.2. The second-order valence-electron chi connectivity index (χ2n) is 18.6. The van der Waals surface area contributed by atoms with E-state index in [2.05, 4.69) is 131 Å². The summed E-state index contributed by atoms with van der Waals surface area (Å²) in [7, 11) is 0. The molecule has 6 nitrogen and oxygen atoms in total. The van der Waals surface area contributed by atoms with Crippen LogP contribution in [0, 0.1) is 10.8 Å². The number of carbonyl (C=O) groups is 2. The molecule has 0 amide bonds. The topological polar surface area (TPSA) is 50.0 Å². The summed E-state index contributed by atoms with van der Waals surface area (Å²) in [6.45, 7) is 23.5. The lowest BCUT2D eigenvalue weighted by Crippen LogP contribution is -2.63. The third-order valence-electron chi connectivity index (χ3n) is 14.2. The summed E-state index contributed by atoms with van der Waals surface area (Å²) in [5.41, 5.74) is 7.92. The highest BCUT2D eigenvalue weighted by Crippen LogP contribution is 2.48. The Hall–Kier alpha value is -1.67. The number of halogens is 2. The van der Waals surface area contributed by atoms with E-state index in [4.69, 9.17) is 0 Å². The van der Waals surface area contributed by atoms with Crippen molar-refractivity contribution in [3.63, 3.8) is 0 Å². The lowest BCUT2D eigenvalue weighted by molar-refractivity contribution is -0.463. The minimum atomic E-state index is -0.881. The third-order valence-corrected chi connectivity index (χ3v) is 15.5. The average Bonchev–Trinajstić information content (AvgIpc) is 3.76. The molecular weight excluding hydrogens is 774 g/mol. The molecule has 0 saturated carbocycles. The van der Waals surface area contributed by atoms with Crippen molar-refractivity contribution in [1.29, 1.82) is 0 Å². The van der Waals surface area contributed by atoms with Gasteiger partial charge in [0.2, 0.25) is 0 Å². The maximum atomic E-state index is 11.9. The second-order valence-corrected chi connectivity index (χ2v) is 20.3. The van der Waals surface area contributed by atoms with Crippen LogP contribution in [0.4, 0.5) is 0 Å². The van der Waals surface area contributed by atoms with Gasteiger partial charge in [-0.1, -0.05) is 132 Å². The number of carbonyl (C=O) groups excluding carboxylic acids is 2. The van der Waals surface area contributed by atoms with Crippen LogP contribution in [-0.4, -0.2) is 66.8 Å². The average molecular weight is 842 g/mol. The van der Waals surface area contributed by atoms with E-state index < -0.39 is 12.8 Å². The Morgan fingerprint density at radius 2 is 0.962 bits per heavy atom. The molecule has 4 aliphatic rings. The van der Waals surface area contributed by atoms with Crippen molar-refractivity contribution in [2.45, 2.75) is 184 Å². The molecule has 2 aromatic rings. The van der Waals surface area contributed by atoms with Crippen LogP contribution in [-0.2, 0) is 12.8 Å². The van der Waals surface area contributed by atoms with E-state index in [1.165, 1.54) is 101 Å². The number of fused-ring (bicyclic) bond motifs is 4. The van der Waals surface area contributed by atoms with Gasteiger partial charge in [0, 0.05) is 81.8 Å². The van der Waals surface area contributed by atoms with Gasteiger partial charge in [-0.15, -0.1) is 0 Å². The first-order valence-corrected chi connectivity index (χ1v) is 22.5. The summed E-state index contributed by atoms with van der Waals surface area (Å²) in [5, 5.41) is 0. The van der Waals surface area contributed by atoms with Crippen LogP contribution in [0.25, 0.3) is 0 Å². The van der Waals surface area contributed by atoms with Gasteiger partial charge < -0.3 is 17.9 Å². The van der Waals surface area contributed by atoms with Gasteiger partial charge in [-0.25, -0.2) is 0 Å². The van der Waals surface area contributed by atoms with E-state index in [0.29, 0.717) is 12.1 Å². The molecule has 6 heterocycles. The van der Waals surface area contributed by atoms with Crippen molar-refractivity contribution in [2.75, 3.05) is 0 Å². The Morgan fingerprint density at radius 3 is 1.23 bits per heavy atom. The Labute approximate surface area is 332 Å². The van der Waals surface area contributed by atoms with E-state index in [9.17, 15) is 9.59 Å². The molecule has 0 aromatic carbocycles. The van der Waals surface area contributed by atoms with Crippen LogP contribution in [0.1, 0.15) is 166 Å². The summed E-state index contributed by atoms with van der Waals surface area (Å²) in [5.74, 6) is 0. The van der Waals surface area contributed by atoms with Crippen LogP contribution >= 0.6 is 31.9 Å².